The molecule has 2 fully saturated rings. The molecule has 0 aliphatic carbocycles. The summed E-state index contributed by atoms with van der Waals surface area (Å²) in [5, 5.41) is 63.3. The maximum Gasteiger partial charge on any atom is 0.220 e. The SMILES string of the molecule is CCc1c(C)c2cc3[nH]c(cc4nc(c(C)c5nc(cc1[nH]2)C(C)=C5)[C@@H](CCC(=O)NCCCS[C@H]1C[C@@H](O)C[C@@H](CO)O1)[C@@H]4C)c(C)c3C(C)OCCCSC1O[C@H](CO)[C@@H](O)[C@H](O)[C@H]1O. The second-order valence-electron chi connectivity index (χ2n) is 18.5. The summed E-state index contributed by atoms with van der Waals surface area (Å²) in [6.45, 7) is 15.2. The maximum atomic E-state index is 13.3. The molecular formula is C50H71N5O10S2. The molecule has 7 heterocycles. The largest absolute Gasteiger partial charge is 0.394 e. The van der Waals surface area contributed by atoms with Crippen molar-refractivity contribution in [2.24, 2.45) is 0 Å². The van der Waals surface area contributed by atoms with Crippen molar-refractivity contribution < 1.29 is 49.6 Å². The number of ether oxygens (including phenoxy) is 3. The number of aliphatic hydroxyl groups is 6. The topological polar surface area (TPSA) is 236 Å². The molecule has 11 atom stereocenters. The molecule has 7 rings (SSSR count). The molecule has 0 spiro atoms. The number of carbonyl (C=O) groups excluding carboxylic acids is 1. The Hall–Kier alpha value is -3.33. The smallest absolute Gasteiger partial charge is 0.220 e. The predicted octanol–water partition coefficient (Wildman–Crippen LogP) is 6.13. The first-order chi connectivity index (χ1) is 32.1. The Morgan fingerprint density at radius 3 is 2.37 bits per heavy atom. The molecule has 4 aliphatic rings. The third-order valence-corrected chi connectivity index (χ3v) is 16.3. The Kier molecular flexibility index (Phi) is 17.7. The van der Waals surface area contributed by atoms with Crippen LogP contribution in [0.25, 0.3) is 33.7 Å². The summed E-state index contributed by atoms with van der Waals surface area (Å²) in [5.41, 5.74) is 13.1. The number of H-pyrrole nitrogens is 2. The van der Waals surface area contributed by atoms with Crippen LogP contribution in [0.3, 0.4) is 0 Å². The van der Waals surface area contributed by atoms with E-state index in [0.717, 1.165) is 91.3 Å². The van der Waals surface area contributed by atoms with Gasteiger partial charge in [0.2, 0.25) is 5.91 Å². The number of aromatic amines is 2. The van der Waals surface area contributed by atoms with E-state index < -0.39 is 42.6 Å². The number of nitrogens with zero attached hydrogens (tertiary/aromatic N) is 2. The van der Waals surface area contributed by atoms with Crippen molar-refractivity contribution in [1.82, 2.24) is 25.3 Å². The van der Waals surface area contributed by atoms with Crippen molar-refractivity contribution in [1.29, 1.82) is 0 Å². The van der Waals surface area contributed by atoms with Gasteiger partial charge in [0.1, 0.15) is 35.3 Å². The summed E-state index contributed by atoms with van der Waals surface area (Å²) in [5.74, 6) is 1.30. The van der Waals surface area contributed by atoms with E-state index in [1.54, 1.807) is 11.8 Å². The van der Waals surface area contributed by atoms with Gasteiger partial charge in [0.25, 0.3) is 0 Å². The third-order valence-electron chi connectivity index (χ3n) is 13.8. The Morgan fingerprint density at radius 1 is 0.881 bits per heavy atom. The number of allylic oxidation sites excluding steroid dienone is 1. The minimum absolute atomic E-state index is 0.00692. The number of hydrogen-bond donors (Lipinski definition) is 9. The van der Waals surface area contributed by atoms with E-state index in [0.29, 0.717) is 51.0 Å². The molecule has 17 heteroatoms. The van der Waals surface area contributed by atoms with Crippen LogP contribution in [-0.4, -0.2) is 142 Å². The van der Waals surface area contributed by atoms with Crippen molar-refractivity contribution in [3.8, 4) is 0 Å². The van der Waals surface area contributed by atoms with Gasteiger partial charge in [-0.25, -0.2) is 4.98 Å². The predicted molar refractivity (Wildman–Crippen MR) is 265 cm³/mol. The van der Waals surface area contributed by atoms with Crippen molar-refractivity contribution in [2.45, 2.75) is 159 Å². The number of aliphatic hydroxyl groups excluding tert-OH is 6. The zero-order valence-corrected chi connectivity index (χ0v) is 41.5. The highest BCUT2D eigenvalue weighted by Gasteiger charge is 2.43. The molecule has 0 saturated carbocycles. The second kappa shape index (κ2) is 23.1. The molecule has 368 valence electrons. The number of rotatable bonds is 18. The summed E-state index contributed by atoms with van der Waals surface area (Å²) in [4.78, 5) is 31.3. The van der Waals surface area contributed by atoms with Crippen LogP contribution in [0.1, 0.15) is 135 Å². The van der Waals surface area contributed by atoms with Crippen LogP contribution in [0, 0.1) is 20.8 Å². The van der Waals surface area contributed by atoms with Gasteiger partial charge in [-0.05, 0) is 124 Å². The van der Waals surface area contributed by atoms with Crippen LogP contribution in [0.15, 0.2) is 18.2 Å². The molecule has 3 aromatic rings. The van der Waals surface area contributed by atoms with Gasteiger partial charge < -0.3 is 60.1 Å². The molecule has 2 saturated heterocycles. The Morgan fingerprint density at radius 2 is 1.63 bits per heavy atom. The summed E-state index contributed by atoms with van der Waals surface area (Å²) < 4.78 is 18.1. The lowest BCUT2D eigenvalue weighted by molar-refractivity contribution is -0.205. The molecule has 8 bridgehead atoms. The van der Waals surface area contributed by atoms with E-state index in [1.165, 1.54) is 17.3 Å². The first-order valence-electron chi connectivity index (χ1n) is 23.9. The Balaban J connectivity index is 1.13. The number of thioether (sulfide) groups is 2. The molecule has 67 heavy (non-hydrogen) atoms. The summed E-state index contributed by atoms with van der Waals surface area (Å²) >= 11 is 2.93. The van der Waals surface area contributed by atoms with Gasteiger partial charge in [0.05, 0.1) is 42.9 Å². The van der Waals surface area contributed by atoms with E-state index >= 15 is 0 Å². The molecule has 0 aromatic carbocycles. The molecule has 2 unspecified atom stereocenters. The number of nitrogens with one attached hydrogen (secondary N) is 3. The molecule has 0 radical (unpaired) electrons. The van der Waals surface area contributed by atoms with Crippen molar-refractivity contribution in [3.05, 3.63) is 68.8 Å². The summed E-state index contributed by atoms with van der Waals surface area (Å²) in [7, 11) is 0. The molecule has 15 nitrogen and oxygen atoms in total. The first-order valence-corrected chi connectivity index (χ1v) is 26.0. The normalized spacial score (nSPS) is 27.0. The fourth-order valence-corrected chi connectivity index (χ4v) is 12.1. The Bertz CT molecular complexity index is 2410. The summed E-state index contributed by atoms with van der Waals surface area (Å²) in [6.07, 6.45) is 0.171. The van der Waals surface area contributed by atoms with E-state index in [9.17, 15) is 35.4 Å². The number of amides is 1. The highest BCUT2D eigenvalue weighted by molar-refractivity contribution is 8.00. The first kappa shape index (κ1) is 51.5. The molecule has 4 aliphatic heterocycles. The van der Waals surface area contributed by atoms with Gasteiger partial charge in [-0.1, -0.05) is 13.8 Å². The maximum absolute atomic E-state index is 13.3. The third kappa shape index (κ3) is 11.8. The van der Waals surface area contributed by atoms with Gasteiger partial charge in [0, 0.05) is 83.3 Å². The number of fused-ring (bicyclic) bond motifs is 8. The number of aromatic nitrogens is 4. The average molecular weight is 966 g/mol. The molecular weight excluding hydrogens is 895 g/mol. The Labute approximate surface area is 401 Å². The molecule has 3 aromatic heterocycles. The number of carbonyl (C=O) groups is 1. The molecule has 1 amide bonds. The lowest BCUT2D eigenvalue weighted by atomic mass is 9.85. The van der Waals surface area contributed by atoms with Crippen LogP contribution in [0.4, 0.5) is 0 Å². The lowest BCUT2D eigenvalue weighted by Gasteiger charge is -2.39. The zero-order valence-electron chi connectivity index (χ0n) is 39.9. The second-order valence-corrected chi connectivity index (χ2v) is 21.0. The standard InChI is InChI=1S/C50H71N5O10S2/c1-8-33-26(3)37-22-41-45(30(7)63-14-10-16-67-50-49(62)48(61)47(60)42(24-57)65-50)28(5)39(54-41)21-38-27(4)34(46(55-38)29(6)36-17-25(2)35(52-36)20-40(33)53-37)11-12-43(59)51-13-9-15-66-44-19-31(58)18-32(23-56)64-44/h17,20-22,27,30-32,34,42,44,47-50,53-54,56-58,60-62H,8-16,18-19,23-24H2,1-7H3,(H,51,59)/t27-,30?,31-,32-,34-,42+,44-,47+,48-,49+,50?/m0/s1. The number of hydrogen-bond acceptors (Lipinski definition) is 14. The van der Waals surface area contributed by atoms with Crippen LogP contribution in [0.2, 0.25) is 0 Å². The number of aryl methyl sites for hydroxylation is 3. The highest BCUT2D eigenvalue weighted by atomic mass is 32.2. The van der Waals surface area contributed by atoms with E-state index in [2.05, 4.69) is 81.1 Å². The quantitative estimate of drug-likeness (QED) is 0.0653. The minimum atomic E-state index is -1.41. The van der Waals surface area contributed by atoms with Crippen LogP contribution in [0.5, 0.6) is 0 Å². The van der Waals surface area contributed by atoms with Crippen LogP contribution < -0.4 is 5.32 Å². The monoisotopic (exact) mass is 965 g/mol. The van der Waals surface area contributed by atoms with E-state index in [4.69, 9.17) is 24.2 Å². The fraction of sp³-hybridized carbons (Fsp3) is 0.620. The van der Waals surface area contributed by atoms with Crippen LogP contribution >= 0.6 is 23.5 Å². The van der Waals surface area contributed by atoms with E-state index in [-0.39, 0.29) is 42.0 Å². The van der Waals surface area contributed by atoms with Gasteiger partial charge in [0.15, 0.2) is 0 Å². The van der Waals surface area contributed by atoms with E-state index in [1.807, 2.05) is 6.92 Å². The van der Waals surface area contributed by atoms with Gasteiger partial charge >= 0.3 is 0 Å². The van der Waals surface area contributed by atoms with Gasteiger partial charge in [-0.15, -0.1) is 23.5 Å². The summed E-state index contributed by atoms with van der Waals surface area (Å²) in [6, 6.07) is 6.45. The highest BCUT2D eigenvalue weighted by Crippen LogP contribution is 2.42. The van der Waals surface area contributed by atoms with Crippen molar-refractivity contribution in [2.75, 3.05) is 37.9 Å². The average Bonchev–Trinajstić information content (AvgIpc) is 4.02. The lowest BCUT2D eigenvalue weighted by Crippen LogP contribution is -2.57. The van der Waals surface area contributed by atoms with Crippen molar-refractivity contribution >= 4 is 63.1 Å². The van der Waals surface area contributed by atoms with Gasteiger partial charge in [-0.3, -0.25) is 9.78 Å². The van der Waals surface area contributed by atoms with Crippen molar-refractivity contribution in [3.63, 3.8) is 0 Å². The molecule has 9 N–H and O–H groups in total. The zero-order chi connectivity index (χ0) is 48.1. The fourth-order valence-electron chi connectivity index (χ4n) is 9.81. The minimum Gasteiger partial charge on any atom is -0.394 e. The van der Waals surface area contributed by atoms with Gasteiger partial charge in [-0.2, -0.15) is 0 Å². The van der Waals surface area contributed by atoms with Crippen LogP contribution in [-0.2, 0) is 25.4 Å².